The van der Waals surface area contributed by atoms with Crippen molar-refractivity contribution < 1.29 is 0 Å². The van der Waals surface area contributed by atoms with E-state index in [0.717, 1.165) is 27.8 Å². The van der Waals surface area contributed by atoms with Crippen LogP contribution in [0.25, 0.3) is 5.69 Å². The van der Waals surface area contributed by atoms with Gasteiger partial charge in [-0.1, -0.05) is 49.7 Å². The molecule has 1 N–H and O–H groups in total. The molecule has 0 amide bonds. The van der Waals surface area contributed by atoms with E-state index in [1.54, 1.807) is 0 Å². The van der Waals surface area contributed by atoms with Crippen molar-refractivity contribution in [2.45, 2.75) is 52.6 Å². The zero-order valence-electron chi connectivity index (χ0n) is 21.3. The van der Waals surface area contributed by atoms with Crippen molar-refractivity contribution in [3.8, 4) is 5.69 Å². The Kier molecular flexibility index (Phi) is 6.62. The Balaban J connectivity index is 1.67. The van der Waals surface area contributed by atoms with Crippen molar-refractivity contribution in [3.63, 3.8) is 0 Å². The van der Waals surface area contributed by atoms with Gasteiger partial charge < -0.3 is 14.8 Å². The molecule has 1 fully saturated rings. The fourth-order valence-electron chi connectivity index (χ4n) is 5.25. The first-order valence-corrected chi connectivity index (χ1v) is 13.1. The summed E-state index contributed by atoms with van der Waals surface area (Å²) in [5.41, 5.74) is 9.15. The first-order chi connectivity index (χ1) is 17.3. The summed E-state index contributed by atoms with van der Waals surface area (Å²) >= 11 is 12.3. The fourth-order valence-corrected chi connectivity index (χ4v) is 5.76. The maximum Gasteiger partial charge on any atom is 0.174 e. The summed E-state index contributed by atoms with van der Waals surface area (Å²) in [4.78, 5) is 6.95. The molecule has 2 aromatic carbocycles. The molecule has 184 valence electrons. The Morgan fingerprint density at radius 2 is 1.72 bits per heavy atom. The van der Waals surface area contributed by atoms with E-state index >= 15 is 0 Å². The number of nitrogens with zero attached hydrogens (tertiary/aromatic N) is 3. The molecule has 36 heavy (non-hydrogen) atoms. The lowest BCUT2D eigenvalue weighted by Crippen LogP contribution is -2.29. The SMILES string of the molecule is Cc1ccc(Cl)cc1-n1c(C)cc([C@H]2[C@@H](c3ccccn3)NC(=S)N2c2ccc(C(C)C)cc2)c1C. The zero-order chi connectivity index (χ0) is 25.6. The summed E-state index contributed by atoms with van der Waals surface area (Å²) in [5, 5.41) is 5.02. The standard InChI is InChI=1S/C30H31ClN4S/c1-18(2)22-10-13-24(14-11-22)35-29(28(33-30(35)36)26-8-6-7-15-32-26)25-16-20(4)34(21(25)5)27-17-23(31)12-9-19(27)3/h6-18,28-29H,1-5H3,(H,33,36)/t28-,29+/m1/s1. The van der Waals surface area contributed by atoms with Crippen molar-refractivity contribution in [1.82, 2.24) is 14.9 Å². The molecule has 0 radical (unpaired) electrons. The van der Waals surface area contributed by atoms with Gasteiger partial charge in [-0.15, -0.1) is 0 Å². The van der Waals surface area contributed by atoms with Crippen LogP contribution in [0, 0.1) is 20.8 Å². The normalized spacial score (nSPS) is 17.6. The molecule has 0 bridgehead atoms. The van der Waals surface area contributed by atoms with Gasteiger partial charge in [0.25, 0.3) is 0 Å². The number of pyridine rings is 1. The van der Waals surface area contributed by atoms with Crippen LogP contribution in [0.2, 0.25) is 5.02 Å². The molecule has 0 unspecified atom stereocenters. The van der Waals surface area contributed by atoms with Crippen molar-refractivity contribution in [2.24, 2.45) is 0 Å². The first kappa shape index (κ1) is 24.5. The fraction of sp³-hybridized carbons (Fsp3) is 0.267. The highest BCUT2D eigenvalue weighted by Crippen LogP contribution is 2.44. The van der Waals surface area contributed by atoms with E-state index < -0.39 is 0 Å². The van der Waals surface area contributed by atoms with E-state index in [4.69, 9.17) is 28.8 Å². The molecular formula is C30H31ClN4S. The molecule has 2 atom stereocenters. The lowest BCUT2D eigenvalue weighted by Gasteiger charge is -2.28. The molecule has 4 nitrogen and oxygen atoms in total. The highest BCUT2D eigenvalue weighted by molar-refractivity contribution is 7.80. The number of aromatic nitrogens is 2. The molecule has 3 heterocycles. The Labute approximate surface area is 223 Å². The maximum absolute atomic E-state index is 6.41. The molecule has 0 saturated carbocycles. The molecule has 1 saturated heterocycles. The molecule has 6 heteroatoms. The second-order valence-corrected chi connectivity index (χ2v) is 10.7. The number of hydrogen-bond donors (Lipinski definition) is 1. The summed E-state index contributed by atoms with van der Waals surface area (Å²) in [6.45, 7) is 10.9. The van der Waals surface area contributed by atoms with Crippen LogP contribution in [0.3, 0.4) is 0 Å². The Morgan fingerprint density at radius 3 is 2.39 bits per heavy atom. The third-order valence-corrected chi connectivity index (χ3v) is 7.69. The number of hydrogen-bond acceptors (Lipinski definition) is 2. The predicted molar refractivity (Wildman–Crippen MR) is 153 cm³/mol. The van der Waals surface area contributed by atoms with Gasteiger partial charge in [0.2, 0.25) is 0 Å². The van der Waals surface area contributed by atoms with Crippen molar-refractivity contribution in [3.05, 3.63) is 112 Å². The van der Waals surface area contributed by atoms with Crippen molar-refractivity contribution in [1.29, 1.82) is 0 Å². The van der Waals surface area contributed by atoms with Crippen molar-refractivity contribution in [2.75, 3.05) is 4.90 Å². The van der Waals surface area contributed by atoms with Gasteiger partial charge in [0.15, 0.2) is 5.11 Å². The summed E-state index contributed by atoms with van der Waals surface area (Å²) in [7, 11) is 0. The minimum atomic E-state index is -0.0853. The molecule has 1 aliphatic rings. The van der Waals surface area contributed by atoms with Crippen LogP contribution >= 0.6 is 23.8 Å². The first-order valence-electron chi connectivity index (χ1n) is 12.3. The predicted octanol–water partition coefficient (Wildman–Crippen LogP) is 7.75. The molecule has 5 rings (SSSR count). The quantitative estimate of drug-likeness (QED) is 0.276. The van der Waals surface area contributed by atoms with Gasteiger partial charge in [0.05, 0.1) is 17.8 Å². The van der Waals surface area contributed by atoms with Crippen LogP contribution < -0.4 is 10.2 Å². The van der Waals surface area contributed by atoms with E-state index in [2.05, 4.69) is 91.9 Å². The van der Waals surface area contributed by atoms with Crippen LogP contribution in [-0.2, 0) is 0 Å². The van der Waals surface area contributed by atoms with Gasteiger partial charge in [0.1, 0.15) is 0 Å². The van der Waals surface area contributed by atoms with Gasteiger partial charge in [-0.3, -0.25) is 4.98 Å². The summed E-state index contributed by atoms with van der Waals surface area (Å²) in [6, 6.07) is 23.0. The number of anilines is 1. The van der Waals surface area contributed by atoms with Gasteiger partial charge in [0, 0.05) is 34.0 Å². The highest BCUT2D eigenvalue weighted by Gasteiger charge is 2.42. The number of thiocarbonyl (C=S) groups is 1. The third-order valence-electron chi connectivity index (χ3n) is 7.14. The smallest absolute Gasteiger partial charge is 0.174 e. The van der Waals surface area contributed by atoms with Crippen LogP contribution in [0.15, 0.2) is 72.9 Å². The average Bonchev–Trinajstić information content (AvgIpc) is 3.36. The van der Waals surface area contributed by atoms with Gasteiger partial charge in [-0.2, -0.15) is 0 Å². The highest BCUT2D eigenvalue weighted by atomic mass is 35.5. The summed E-state index contributed by atoms with van der Waals surface area (Å²) in [6.07, 6.45) is 1.84. The second-order valence-electron chi connectivity index (χ2n) is 9.84. The largest absolute Gasteiger partial charge is 0.351 e. The minimum absolute atomic E-state index is 0.0586. The van der Waals surface area contributed by atoms with E-state index in [-0.39, 0.29) is 12.1 Å². The van der Waals surface area contributed by atoms with Crippen LogP contribution in [-0.4, -0.2) is 14.7 Å². The molecule has 0 aliphatic carbocycles. The van der Waals surface area contributed by atoms with E-state index in [1.165, 1.54) is 22.4 Å². The lowest BCUT2D eigenvalue weighted by atomic mass is 9.96. The number of halogens is 1. The number of benzene rings is 2. The number of nitrogens with one attached hydrogen (secondary N) is 1. The van der Waals surface area contributed by atoms with Gasteiger partial charge >= 0.3 is 0 Å². The molecular weight excluding hydrogens is 484 g/mol. The summed E-state index contributed by atoms with van der Waals surface area (Å²) in [5.74, 6) is 0.472. The van der Waals surface area contributed by atoms with E-state index in [1.807, 2.05) is 30.5 Å². The summed E-state index contributed by atoms with van der Waals surface area (Å²) < 4.78 is 2.30. The van der Waals surface area contributed by atoms with Crippen LogP contribution in [0.4, 0.5) is 5.69 Å². The molecule has 1 aliphatic heterocycles. The topological polar surface area (TPSA) is 33.1 Å². The number of aryl methyl sites for hydroxylation is 2. The molecule has 2 aromatic heterocycles. The zero-order valence-corrected chi connectivity index (χ0v) is 22.9. The monoisotopic (exact) mass is 514 g/mol. The van der Waals surface area contributed by atoms with Crippen molar-refractivity contribution >= 4 is 34.6 Å². The Morgan fingerprint density at radius 1 is 0.972 bits per heavy atom. The Bertz CT molecular complexity index is 1410. The van der Waals surface area contributed by atoms with E-state index in [9.17, 15) is 0 Å². The van der Waals surface area contributed by atoms with Crippen LogP contribution in [0.1, 0.15) is 65.6 Å². The second kappa shape index (κ2) is 9.72. The lowest BCUT2D eigenvalue weighted by molar-refractivity contribution is 0.565. The maximum atomic E-state index is 6.41. The van der Waals surface area contributed by atoms with Gasteiger partial charge in [-0.05, 0) is 98.1 Å². The van der Waals surface area contributed by atoms with Gasteiger partial charge in [-0.25, -0.2) is 0 Å². The minimum Gasteiger partial charge on any atom is -0.351 e. The Hall–Kier alpha value is -3.15. The molecule has 4 aromatic rings. The van der Waals surface area contributed by atoms with Crippen LogP contribution in [0.5, 0.6) is 0 Å². The third kappa shape index (κ3) is 4.31. The number of rotatable bonds is 5. The van der Waals surface area contributed by atoms with E-state index in [0.29, 0.717) is 11.0 Å². The average molecular weight is 515 g/mol. The molecule has 0 spiro atoms.